The first-order valence-electron chi connectivity index (χ1n) is 6.26. The van der Waals surface area contributed by atoms with E-state index in [9.17, 15) is 0 Å². The van der Waals surface area contributed by atoms with E-state index < -0.39 is 0 Å². The molecule has 1 heterocycles. The highest BCUT2D eigenvalue weighted by Crippen LogP contribution is 2.31. The second-order valence-corrected chi connectivity index (χ2v) is 4.45. The Kier molecular flexibility index (Phi) is 5.46. The number of likely N-dealkylation sites (N-methyl/N-ethyl adjacent to an activating group) is 1. The van der Waals surface area contributed by atoms with Crippen molar-refractivity contribution in [3.63, 3.8) is 0 Å². The molecule has 0 bridgehead atoms. The summed E-state index contributed by atoms with van der Waals surface area (Å²) >= 11 is 0. The van der Waals surface area contributed by atoms with E-state index in [-0.39, 0.29) is 11.6 Å². The van der Waals surface area contributed by atoms with Crippen LogP contribution in [0.15, 0.2) is 12.2 Å². The zero-order valence-corrected chi connectivity index (χ0v) is 10.8. The lowest BCUT2D eigenvalue weighted by molar-refractivity contribution is -0.120. The zero-order valence-electron chi connectivity index (χ0n) is 10.8. The normalized spacial score (nSPS) is 21.7. The van der Waals surface area contributed by atoms with Gasteiger partial charge in [-0.1, -0.05) is 19.1 Å². The Morgan fingerprint density at radius 1 is 1.44 bits per heavy atom. The summed E-state index contributed by atoms with van der Waals surface area (Å²) in [5.41, 5.74) is 1.03. The van der Waals surface area contributed by atoms with Crippen LogP contribution in [0.25, 0.3) is 0 Å². The highest BCUT2D eigenvalue weighted by Gasteiger charge is 2.41. The molecule has 0 amide bonds. The lowest BCUT2D eigenvalue weighted by atomic mass is 9.82. The topological polar surface area (TPSA) is 30.5 Å². The van der Waals surface area contributed by atoms with Gasteiger partial charge in [0, 0.05) is 32.7 Å². The van der Waals surface area contributed by atoms with Crippen LogP contribution in [0, 0.1) is 0 Å². The molecule has 1 atom stereocenters. The molecule has 0 spiro atoms. The van der Waals surface area contributed by atoms with Crippen LogP contribution in [0.2, 0.25) is 0 Å². The van der Waals surface area contributed by atoms with Crippen molar-refractivity contribution >= 4 is 0 Å². The quantitative estimate of drug-likeness (QED) is 0.705. The first-order chi connectivity index (χ1) is 7.66. The van der Waals surface area contributed by atoms with Gasteiger partial charge >= 0.3 is 0 Å². The predicted molar refractivity (Wildman–Crippen MR) is 66.7 cm³/mol. The molecule has 0 aromatic rings. The van der Waals surface area contributed by atoms with Gasteiger partial charge in [-0.2, -0.15) is 0 Å². The maximum atomic E-state index is 6.04. The van der Waals surface area contributed by atoms with Crippen LogP contribution in [0.3, 0.4) is 0 Å². The molecule has 3 nitrogen and oxygen atoms in total. The van der Waals surface area contributed by atoms with Gasteiger partial charge in [0.05, 0.1) is 11.6 Å². The summed E-state index contributed by atoms with van der Waals surface area (Å²) in [4.78, 5) is 0. The number of hydrogen-bond acceptors (Lipinski definition) is 3. The zero-order chi connectivity index (χ0) is 12.0. The average molecular weight is 227 g/mol. The second kappa shape index (κ2) is 6.38. The molecule has 1 rings (SSSR count). The summed E-state index contributed by atoms with van der Waals surface area (Å²) in [6.45, 7) is 13.6. The average Bonchev–Trinajstić information content (AvgIpc) is 2.27. The smallest absolute Gasteiger partial charge is 0.0916 e. The second-order valence-electron chi connectivity index (χ2n) is 4.45. The summed E-state index contributed by atoms with van der Waals surface area (Å²) < 4.78 is 11.5. The van der Waals surface area contributed by atoms with E-state index in [4.69, 9.17) is 9.47 Å². The Balaban J connectivity index is 2.82. The minimum absolute atomic E-state index is 0.116. The van der Waals surface area contributed by atoms with E-state index in [1.807, 2.05) is 0 Å². The Hall–Kier alpha value is -0.380. The summed E-state index contributed by atoms with van der Waals surface area (Å²) in [7, 11) is 0. The van der Waals surface area contributed by atoms with Crippen molar-refractivity contribution in [3.8, 4) is 0 Å². The van der Waals surface area contributed by atoms with Crippen molar-refractivity contribution in [2.75, 3.05) is 26.4 Å². The SMILES string of the molecule is C=C(C)C(NCC)C1(OCC)CCOCC1. The molecule has 0 aliphatic carbocycles. The maximum Gasteiger partial charge on any atom is 0.0916 e. The van der Waals surface area contributed by atoms with Gasteiger partial charge in [-0.25, -0.2) is 0 Å². The van der Waals surface area contributed by atoms with E-state index >= 15 is 0 Å². The first kappa shape index (κ1) is 13.7. The number of rotatable bonds is 6. The van der Waals surface area contributed by atoms with Gasteiger partial charge in [-0.3, -0.25) is 0 Å². The van der Waals surface area contributed by atoms with Crippen molar-refractivity contribution in [1.29, 1.82) is 0 Å². The molecular formula is C13H25NO2. The molecule has 0 radical (unpaired) electrons. The van der Waals surface area contributed by atoms with E-state index in [0.29, 0.717) is 0 Å². The fraction of sp³-hybridized carbons (Fsp3) is 0.846. The number of hydrogen-bond donors (Lipinski definition) is 1. The standard InChI is InChI=1S/C13H25NO2/c1-5-14-12(11(3)4)13(16-6-2)7-9-15-10-8-13/h12,14H,3,5-10H2,1-2,4H3. The van der Waals surface area contributed by atoms with E-state index in [0.717, 1.165) is 44.8 Å². The minimum Gasteiger partial charge on any atom is -0.381 e. The monoisotopic (exact) mass is 227 g/mol. The van der Waals surface area contributed by atoms with Gasteiger partial charge in [-0.15, -0.1) is 0 Å². The van der Waals surface area contributed by atoms with Crippen LogP contribution in [-0.4, -0.2) is 38.0 Å². The molecule has 1 saturated heterocycles. The highest BCUT2D eigenvalue weighted by atomic mass is 16.5. The molecule has 1 unspecified atom stereocenters. The third-order valence-corrected chi connectivity index (χ3v) is 3.20. The van der Waals surface area contributed by atoms with Crippen LogP contribution < -0.4 is 5.32 Å². The van der Waals surface area contributed by atoms with Gasteiger partial charge in [0.1, 0.15) is 0 Å². The molecule has 16 heavy (non-hydrogen) atoms. The van der Waals surface area contributed by atoms with E-state index in [1.165, 1.54) is 0 Å². The predicted octanol–water partition coefficient (Wildman–Crippen LogP) is 2.13. The third kappa shape index (κ3) is 3.06. The van der Waals surface area contributed by atoms with Crippen LogP contribution in [0.5, 0.6) is 0 Å². The van der Waals surface area contributed by atoms with Crippen LogP contribution >= 0.6 is 0 Å². The van der Waals surface area contributed by atoms with Crippen molar-refractivity contribution in [3.05, 3.63) is 12.2 Å². The molecule has 0 saturated carbocycles. The van der Waals surface area contributed by atoms with Gasteiger partial charge < -0.3 is 14.8 Å². The Bertz CT molecular complexity index is 216. The molecule has 3 heteroatoms. The lowest BCUT2D eigenvalue weighted by Gasteiger charge is -2.43. The minimum atomic E-state index is -0.116. The lowest BCUT2D eigenvalue weighted by Crippen LogP contribution is -2.56. The molecule has 1 aliphatic heterocycles. The summed E-state index contributed by atoms with van der Waals surface area (Å²) in [6, 6.07) is 0.237. The van der Waals surface area contributed by atoms with Crippen molar-refractivity contribution in [2.45, 2.75) is 45.3 Å². The Morgan fingerprint density at radius 2 is 2.06 bits per heavy atom. The van der Waals surface area contributed by atoms with Gasteiger partial charge in [0.2, 0.25) is 0 Å². The van der Waals surface area contributed by atoms with Crippen LogP contribution in [0.4, 0.5) is 0 Å². The van der Waals surface area contributed by atoms with Crippen LogP contribution in [-0.2, 0) is 9.47 Å². The number of ether oxygens (including phenoxy) is 2. The van der Waals surface area contributed by atoms with Crippen LogP contribution in [0.1, 0.15) is 33.6 Å². The third-order valence-electron chi connectivity index (χ3n) is 3.20. The Labute approximate surface area is 99.2 Å². The van der Waals surface area contributed by atoms with E-state index in [1.54, 1.807) is 0 Å². The molecule has 1 fully saturated rings. The van der Waals surface area contributed by atoms with Gasteiger partial charge in [0.15, 0.2) is 0 Å². The highest BCUT2D eigenvalue weighted by molar-refractivity contribution is 5.12. The largest absolute Gasteiger partial charge is 0.381 e. The molecule has 0 aromatic heterocycles. The molecule has 0 aromatic carbocycles. The summed E-state index contributed by atoms with van der Waals surface area (Å²) in [6.07, 6.45) is 1.90. The molecule has 94 valence electrons. The maximum absolute atomic E-state index is 6.04. The first-order valence-corrected chi connectivity index (χ1v) is 6.26. The van der Waals surface area contributed by atoms with Crippen molar-refractivity contribution in [2.24, 2.45) is 0 Å². The van der Waals surface area contributed by atoms with Gasteiger partial charge in [0.25, 0.3) is 0 Å². The van der Waals surface area contributed by atoms with Crippen molar-refractivity contribution in [1.82, 2.24) is 5.32 Å². The molecular weight excluding hydrogens is 202 g/mol. The van der Waals surface area contributed by atoms with E-state index in [2.05, 4.69) is 32.7 Å². The molecule has 1 aliphatic rings. The number of nitrogens with one attached hydrogen (secondary N) is 1. The van der Waals surface area contributed by atoms with Crippen molar-refractivity contribution < 1.29 is 9.47 Å². The summed E-state index contributed by atoms with van der Waals surface area (Å²) in [5.74, 6) is 0. The fourth-order valence-electron chi connectivity index (χ4n) is 2.53. The summed E-state index contributed by atoms with van der Waals surface area (Å²) in [5, 5.41) is 3.50. The molecule has 1 N–H and O–H groups in total. The fourth-order valence-corrected chi connectivity index (χ4v) is 2.53. The van der Waals surface area contributed by atoms with Gasteiger partial charge in [-0.05, 0) is 20.4 Å². The Morgan fingerprint density at radius 3 is 2.50 bits per heavy atom.